The van der Waals surface area contributed by atoms with Gasteiger partial charge >= 0.3 is 5.97 Å². The van der Waals surface area contributed by atoms with Gasteiger partial charge in [0.1, 0.15) is 0 Å². The first-order chi connectivity index (χ1) is 9.29. The van der Waals surface area contributed by atoms with Crippen LogP contribution < -0.4 is 5.32 Å². The second kappa shape index (κ2) is 7.04. The first-order valence-electron chi connectivity index (χ1n) is 6.11. The summed E-state index contributed by atoms with van der Waals surface area (Å²) in [6.45, 7) is 0. The van der Waals surface area contributed by atoms with E-state index in [0.29, 0.717) is 18.5 Å². The monoisotopic (exact) mass is 299 g/mol. The van der Waals surface area contributed by atoms with Gasteiger partial charge in [0.05, 0.1) is 4.90 Å². The van der Waals surface area contributed by atoms with Gasteiger partial charge < -0.3 is 10.4 Å². The van der Waals surface area contributed by atoms with Crippen molar-refractivity contribution in [2.75, 3.05) is 11.6 Å². The van der Waals surface area contributed by atoms with Crippen LogP contribution in [-0.2, 0) is 19.4 Å². The highest BCUT2D eigenvalue weighted by atomic mass is 32.2. The zero-order valence-corrected chi connectivity index (χ0v) is 11.9. The van der Waals surface area contributed by atoms with E-state index in [-0.39, 0.29) is 23.6 Å². The maximum absolute atomic E-state index is 11.6. The summed E-state index contributed by atoms with van der Waals surface area (Å²) in [6.07, 6.45) is 2.25. The third kappa shape index (κ3) is 5.83. The number of sulfone groups is 1. The van der Waals surface area contributed by atoms with Crippen LogP contribution in [0.25, 0.3) is 0 Å². The van der Waals surface area contributed by atoms with Gasteiger partial charge in [-0.25, -0.2) is 8.42 Å². The molecule has 0 aliphatic heterocycles. The SMILES string of the molecule is CS(=O)(=O)c1cccc(NC(=O)CCCCC(=O)O)c1. The van der Waals surface area contributed by atoms with Crippen molar-refractivity contribution < 1.29 is 23.1 Å². The molecule has 0 aromatic heterocycles. The summed E-state index contributed by atoms with van der Waals surface area (Å²) in [7, 11) is -3.31. The number of carbonyl (C=O) groups is 2. The number of hydrogen-bond acceptors (Lipinski definition) is 4. The maximum Gasteiger partial charge on any atom is 0.303 e. The van der Waals surface area contributed by atoms with Crippen LogP contribution >= 0.6 is 0 Å². The Bertz CT molecular complexity index is 595. The minimum Gasteiger partial charge on any atom is -0.481 e. The molecule has 7 heteroatoms. The Balaban J connectivity index is 2.52. The Kier molecular flexibility index (Phi) is 5.69. The molecule has 0 saturated carbocycles. The van der Waals surface area contributed by atoms with E-state index < -0.39 is 15.8 Å². The summed E-state index contributed by atoms with van der Waals surface area (Å²) < 4.78 is 22.8. The molecule has 20 heavy (non-hydrogen) atoms. The van der Waals surface area contributed by atoms with Crippen molar-refractivity contribution in [1.82, 2.24) is 0 Å². The van der Waals surface area contributed by atoms with Crippen LogP contribution in [0.4, 0.5) is 5.69 Å². The fourth-order valence-corrected chi connectivity index (χ4v) is 2.26. The van der Waals surface area contributed by atoms with E-state index in [9.17, 15) is 18.0 Å². The Morgan fingerprint density at radius 3 is 2.45 bits per heavy atom. The molecule has 110 valence electrons. The number of amides is 1. The van der Waals surface area contributed by atoms with Crippen LogP contribution in [-0.4, -0.2) is 31.7 Å². The number of carboxylic acid groups (broad SMARTS) is 1. The Morgan fingerprint density at radius 1 is 1.20 bits per heavy atom. The van der Waals surface area contributed by atoms with E-state index in [1.165, 1.54) is 12.1 Å². The highest BCUT2D eigenvalue weighted by molar-refractivity contribution is 7.90. The lowest BCUT2D eigenvalue weighted by Crippen LogP contribution is -2.11. The van der Waals surface area contributed by atoms with E-state index in [1.807, 2.05) is 0 Å². The second-order valence-corrected chi connectivity index (χ2v) is 6.46. The summed E-state index contributed by atoms with van der Waals surface area (Å²) in [6, 6.07) is 6.00. The van der Waals surface area contributed by atoms with Gasteiger partial charge in [-0.15, -0.1) is 0 Å². The van der Waals surface area contributed by atoms with E-state index in [1.54, 1.807) is 12.1 Å². The summed E-state index contributed by atoms with van der Waals surface area (Å²) in [4.78, 5) is 22.1. The molecule has 0 fully saturated rings. The highest BCUT2D eigenvalue weighted by Crippen LogP contribution is 2.15. The van der Waals surface area contributed by atoms with Gasteiger partial charge in [-0.1, -0.05) is 6.07 Å². The predicted molar refractivity (Wildman–Crippen MR) is 74.3 cm³/mol. The van der Waals surface area contributed by atoms with E-state index in [4.69, 9.17) is 5.11 Å². The maximum atomic E-state index is 11.6. The number of carbonyl (C=O) groups excluding carboxylic acids is 1. The molecular weight excluding hydrogens is 282 g/mol. The Morgan fingerprint density at radius 2 is 1.85 bits per heavy atom. The van der Waals surface area contributed by atoms with E-state index in [2.05, 4.69) is 5.32 Å². The molecule has 1 rings (SSSR count). The van der Waals surface area contributed by atoms with Crippen LogP contribution in [0.15, 0.2) is 29.2 Å². The summed E-state index contributed by atoms with van der Waals surface area (Å²) >= 11 is 0. The fourth-order valence-electron chi connectivity index (χ4n) is 1.59. The lowest BCUT2D eigenvalue weighted by molar-refractivity contribution is -0.137. The summed E-state index contributed by atoms with van der Waals surface area (Å²) in [5.74, 6) is -1.15. The lowest BCUT2D eigenvalue weighted by atomic mass is 10.2. The summed E-state index contributed by atoms with van der Waals surface area (Å²) in [5, 5.41) is 11.1. The number of rotatable bonds is 7. The van der Waals surface area contributed by atoms with Gasteiger partial charge in [0.25, 0.3) is 0 Å². The largest absolute Gasteiger partial charge is 0.481 e. The molecule has 0 spiro atoms. The average molecular weight is 299 g/mol. The van der Waals surface area contributed by atoms with Crippen molar-refractivity contribution in [3.8, 4) is 0 Å². The number of unbranched alkanes of at least 4 members (excludes halogenated alkanes) is 1. The zero-order valence-electron chi connectivity index (χ0n) is 11.1. The molecular formula is C13H17NO5S. The highest BCUT2D eigenvalue weighted by Gasteiger charge is 2.09. The smallest absolute Gasteiger partial charge is 0.303 e. The molecule has 0 unspecified atom stereocenters. The first-order valence-corrected chi connectivity index (χ1v) is 8.00. The molecule has 6 nitrogen and oxygen atoms in total. The van der Waals surface area contributed by atoms with Crippen molar-refractivity contribution >= 4 is 27.4 Å². The molecule has 0 atom stereocenters. The molecule has 2 N–H and O–H groups in total. The number of nitrogens with one attached hydrogen (secondary N) is 1. The van der Waals surface area contributed by atoms with E-state index in [0.717, 1.165) is 6.26 Å². The van der Waals surface area contributed by atoms with Gasteiger partial charge in [-0.2, -0.15) is 0 Å². The van der Waals surface area contributed by atoms with Crippen molar-refractivity contribution in [1.29, 1.82) is 0 Å². The molecule has 0 aliphatic rings. The predicted octanol–water partition coefficient (Wildman–Crippen LogP) is 1.67. The molecule has 1 amide bonds. The fraction of sp³-hybridized carbons (Fsp3) is 0.385. The molecule has 1 aromatic carbocycles. The Hall–Kier alpha value is -1.89. The van der Waals surface area contributed by atoms with Crippen molar-refractivity contribution in [2.24, 2.45) is 0 Å². The molecule has 0 radical (unpaired) electrons. The zero-order chi connectivity index (χ0) is 15.2. The van der Waals surface area contributed by atoms with Crippen LogP contribution in [0.2, 0.25) is 0 Å². The van der Waals surface area contributed by atoms with Gasteiger partial charge in [0, 0.05) is 24.8 Å². The lowest BCUT2D eigenvalue weighted by Gasteiger charge is -2.06. The molecule has 0 heterocycles. The minimum atomic E-state index is -3.31. The first kappa shape index (κ1) is 16.2. The van der Waals surface area contributed by atoms with Crippen molar-refractivity contribution in [3.63, 3.8) is 0 Å². The topological polar surface area (TPSA) is 101 Å². The molecule has 1 aromatic rings. The number of aliphatic carboxylic acids is 1. The number of benzene rings is 1. The van der Waals surface area contributed by atoms with Crippen LogP contribution in [0.3, 0.4) is 0 Å². The van der Waals surface area contributed by atoms with Crippen molar-refractivity contribution in [3.05, 3.63) is 24.3 Å². The van der Waals surface area contributed by atoms with Crippen LogP contribution in [0.1, 0.15) is 25.7 Å². The number of anilines is 1. The number of hydrogen-bond donors (Lipinski definition) is 2. The standard InChI is InChI=1S/C13H17NO5S/c1-20(18,19)11-6-4-5-10(9-11)14-12(15)7-2-3-8-13(16)17/h4-6,9H,2-3,7-8H2,1H3,(H,14,15)(H,16,17). The van der Waals surface area contributed by atoms with Gasteiger partial charge in [0.2, 0.25) is 5.91 Å². The molecule has 0 aliphatic carbocycles. The summed E-state index contributed by atoms with van der Waals surface area (Å²) in [5.41, 5.74) is 0.413. The Labute approximate surface area is 117 Å². The van der Waals surface area contributed by atoms with Gasteiger partial charge in [-0.3, -0.25) is 9.59 Å². The number of carboxylic acids is 1. The molecule has 0 saturated heterocycles. The average Bonchev–Trinajstić information content (AvgIpc) is 2.34. The normalized spacial score (nSPS) is 11.1. The minimum absolute atomic E-state index is 0.0385. The van der Waals surface area contributed by atoms with Crippen LogP contribution in [0, 0.1) is 0 Å². The third-order valence-corrected chi connectivity index (χ3v) is 3.70. The quantitative estimate of drug-likeness (QED) is 0.746. The van der Waals surface area contributed by atoms with Crippen LogP contribution in [0.5, 0.6) is 0 Å². The van der Waals surface area contributed by atoms with Gasteiger partial charge in [0.15, 0.2) is 9.84 Å². The second-order valence-electron chi connectivity index (χ2n) is 4.45. The van der Waals surface area contributed by atoms with Gasteiger partial charge in [-0.05, 0) is 31.0 Å². The third-order valence-electron chi connectivity index (χ3n) is 2.59. The van der Waals surface area contributed by atoms with Crippen molar-refractivity contribution in [2.45, 2.75) is 30.6 Å². The van der Waals surface area contributed by atoms with E-state index >= 15 is 0 Å². The molecule has 0 bridgehead atoms.